The van der Waals surface area contributed by atoms with Crippen LogP contribution in [0.15, 0.2) is 41.1 Å². The largest absolute Gasteiger partial charge is 0.459 e. The number of anilines is 1. The minimum absolute atomic E-state index is 0.118. The predicted octanol–water partition coefficient (Wildman–Crippen LogP) is 2.11. The molecule has 0 spiro atoms. The lowest BCUT2D eigenvalue weighted by Crippen LogP contribution is -2.54. The van der Waals surface area contributed by atoms with Crippen LogP contribution in [0.3, 0.4) is 0 Å². The third kappa shape index (κ3) is 4.18. The monoisotopic (exact) mass is 362 g/mol. The van der Waals surface area contributed by atoms with Crippen molar-refractivity contribution in [3.63, 3.8) is 0 Å². The van der Waals surface area contributed by atoms with Gasteiger partial charge in [0.05, 0.1) is 17.3 Å². The van der Waals surface area contributed by atoms with E-state index in [1.807, 2.05) is 11.8 Å². The van der Waals surface area contributed by atoms with Crippen molar-refractivity contribution in [2.75, 3.05) is 31.5 Å². The highest BCUT2D eigenvalue weighted by molar-refractivity contribution is 6.30. The number of halogens is 1. The highest BCUT2D eigenvalue weighted by atomic mass is 35.5. The van der Waals surface area contributed by atoms with Crippen LogP contribution in [0.5, 0.6) is 0 Å². The summed E-state index contributed by atoms with van der Waals surface area (Å²) in [6, 6.07) is 6.36. The smallest absolute Gasteiger partial charge is 0.289 e. The lowest BCUT2D eigenvalue weighted by Gasteiger charge is -2.37. The van der Waals surface area contributed by atoms with Crippen LogP contribution in [0.1, 0.15) is 17.5 Å². The van der Waals surface area contributed by atoms with Crippen LogP contribution < -0.4 is 5.32 Å². The molecule has 25 heavy (non-hydrogen) atoms. The molecule has 3 rings (SSSR count). The quantitative estimate of drug-likeness (QED) is 0.901. The number of nitrogens with one attached hydrogen (secondary N) is 1. The van der Waals surface area contributed by atoms with Gasteiger partial charge in [0, 0.05) is 32.4 Å². The van der Waals surface area contributed by atoms with Crippen LogP contribution in [-0.4, -0.2) is 58.8 Å². The van der Waals surface area contributed by atoms with Crippen LogP contribution >= 0.6 is 11.6 Å². The van der Waals surface area contributed by atoms with Gasteiger partial charge >= 0.3 is 0 Å². The Kier molecular flexibility index (Phi) is 5.35. The maximum atomic E-state index is 12.4. The molecule has 0 unspecified atom stereocenters. The molecular weight excluding hydrogens is 344 g/mol. The highest BCUT2D eigenvalue weighted by Crippen LogP contribution is 2.13. The lowest BCUT2D eigenvalue weighted by molar-refractivity contribution is -0.121. The molecule has 1 saturated heterocycles. The summed E-state index contributed by atoms with van der Waals surface area (Å²) in [4.78, 5) is 32.5. The molecule has 1 aliphatic rings. The predicted molar refractivity (Wildman–Crippen MR) is 93.5 cm³/mol. The molecule has 1 aliphatic heterocycles. The average molecular weight is 363 g/mol. The third-order valence-electron chi connectivity index (χ3n) is 4.24. The maximum Gasteiger partial charge on any atom is 0.289 e. The Labute approximate surface area is 150 Å². The first-order chi connectivity index (χ1) is 12.0. The first-order valence-corrected chi connectivity index (χ1v) is 8.41. The molecule has 1 atom stereocenters. The first kappa shape index (κ1) is 17.4. The minimum atomic E-state index is -0.321. The van der Waals surface area contributed by atoms with Gasteiger partial charge in [-0.1, -0.05) is 11.6 Å². The summed E-state index contributed by atoms with van der Waals surface area (Å²) in [5, 5.41) is 3.29. The van der Waals surface area contributed by atoms with Gasteiger partial charge in [0.15, 0.2) is 5.76 Å². The lowest BCUT2D eigenvalue weighted by atomic mass is 10.2. The van der Waals surface area contributed by atoms with E-state index in [4.69, 9.17) is 16.0 Å². The van der Waals surface area contributed by atoms with Crippen LogP contribution in [0.25, 0.3) is 0 Å². The normalized spacial score (nSPS) is 16.5. The number of furan rings is 1. The van der Waals surface area contributed by atoms with Gasteiger partial charge in [-0.25, -0.2) is 4.98 Å². The molecule has 7 nitrogen and oxygen atoms in total. The van der Waals surface area contributed by atoms with Crippen LogP contribution in [0, 0.1) is 0 Å². The van der Waals surface area contributed by atoms with Gasteiger partial charge in [-0.3, -0.25) is 14.5 Å². The van der Waals surface area contributed by atoms with Crippen molar-refractivity contribution in [1.29, 1.82) is 0 Å². The molecule has 0 aliphatic carbocycles. The molecule has 0 saturated carbocycles. The van der Waals surface area contributed by atoms with E-state index >= 15 is 0 Å². The highest BCUT2D eigenvalue weighted by Gasteiger charge is 2.28. The third-order valence-corrected chi connectivity index (χ3v) is 4.46. The van der Waals surface area contributed by atoms with E-state index in [0.717, 1.165) is 0 Å². The van der Waals surface area contributed by atoms with Crippen LogP contribution in [0.2, 0.25) is 5.02 Å². The number of aromatic nitrogens is 1. The van der Waals surface area contributed by atoms with Crippen molar-refractivity contribution >= 4 is 29.2 Å². The van der Waals surface area contributed by atoms with Gasteiger partial charge in [0.1, 0.15) is 5.82 Å². The second kappa shape index (κ2) is 7.67. The zero-order chi connectivity index (χ0) is 17.8. The Balaban J connectivity index is 1.52. The summed E-state index contributed by atoms with van der Waals surface area (Å²) < 4.78 is 5.15. The number of hydrogen-bond donors (Lipinski definition) is 1. The second-order valence-corrected chi connectivity index (χ2v) is 6.27. The summed E-state index contributed by atoms with van der Waals surface area (Å²) in [6.45, 7) is 4.19. The SMILES string of the molecule is C[C@@H](C(=O)Nc1ccc(Cl)cn1)N1CCN(C(=O)c2ccco2)CC1. The number of hydrogen-bond acceptors (Lipinski definition) is 5. The van der Waals surface area contributed by atoms with Crippen molar-refractivity contribution < 1.29 is 14.0 Å². The van der Waals surface area contributed by atoms with Gasteiger partial charge in [-0.15, -0.1) is 0 Å². The Hall–Kier alpha value is -2.38. The Morgan fingerprint density at radius 1 is 1.24 bits per heavy atom. The maximum absolute atomic E-state index is 12.4. The minimum Gasteiger partial charge on any atom is -0.459 e. The van der Waals surface area contributed by atoms with E-state index in [1.54, 1.807) is 29.2 Å². The van der Waals surface area contributed by atoms with Crippen molar-refractivity contribution in [3.8, 4) is 0 Å². The number of pyridine rings is 1. The zero-order valence-electron chi connectivity index (χ0n) is 13.8. The average Bonchev–Trinajstić information content (AvgIpc) is 3.17. The van der Waals surface area contributed by atoms with E-state index in [-0.39, 0.29) is 17.9 Å². The number of carbonyl (C=O) groups is 2. The molecular formula is C17H19ClN4O3. The van der Waals surface area contributed by atoms with Gasteiger partial charge in [-0.05, 0) is 31.2 Å². The van der Waals surface area contributed by atoms with E-state index in [0.29, 0.717) is 42.8 Å². The van der Waals surface area contributed by atoms with E-state index in [9.17, 15) is 9.59 Å². The van der Waals surface area contributed by atoms with Gasteiger partial charge < -0.3 is 14.6 Å². The molecule has 2 aromatic rings. The van der Waals surface area contributed by atoms with E-state index in [1.165, 1.54) is 12.5 Å². The summed E-state index contributed by atoms with van der Waals surface area (Å²) in [6.07, 6.45) is 2.97. The Bertz CT molecular complexity index is 725. The number of nitrogens with zero attached hydrogens (tertiary/aromatic N) is 3. The fraction of sp³-hybridized carbons (Fsp3) is 0.353. The first-order valence-electron chi connectivity index (χ1n) is 8.04. The van der Waals surface area contributed by atoms with Gasteiger partial charge in [-0.2, -0.15) is 0 Å². The molecule has 0 aromatic carbocycles. The van der Waals surface area contributed by atoms with E-state index < -0.39 is 0 Å². The summed E-state index contributed by atoms with van der Waals surface area (Å²) in [5.74, 6) is 0.550. The summed E-state index contributed by atoms with van der Waals surface area (Å²) in [7, 11) is 0. The number of amides is 2. The molecule has 0 bridgehead atoms. The summed E-state index contributed by atoms with van der Waals surface area (Å²) in [5.41, 5.74) is 0. The van der Waals surface area contributed by atoms with Crippen molar-refractivity contribution in [2.45, 2.75) is 13.0 Å². The zero-order valence-corrected chi connectivity index (χ0v) is 14.6. The molecule has 3 heterocycles. The van der Waals surface area contributed by atoms with E-state index in [2.05, 4.69) is 10.3 Å². The summed E-state index contributed by atoms with van der Waals surface area (Å²) >= 11 is 5.79. The molecule has 1 fully saturated rings. The molecule has 1 N–H and O–H groups in total. The van der Waals surface area contributed by atoms with Crippen molar-refractivity contribution in [1.82, 2.24) is 14.8 Å². The van der Waals surface area contributed by atoms with Crippen molar-refractivity contribution in [2.24, 2.45) is 0 Å². The fourth-order valence-electron chi connectivity index (χ4n) is 2.71. The number of rotatable bonds is 4. The fourth-order valence-corrected chi connectivity index (χ4v) is 2.83. The topological polar surface area (TPSA) is 78.7 Å². The number of piperazine rings is 1. The Morgan fingerprint density at radius 3 is 2.60 bits per heavy atom. The Morgan fingerprint density at radius 2 is 2.00 bits per heavy atom. The molecule has 8 heteroatoms. The molecule has 0 radical (unpaired) electrons. The standard InChI is InChI=1S/C17H19ClN4O3/c1-12(16(23)20-15-5-4-13(18)11-19-15)21-6-8-22(9-7-21)17(24)14-3-2-10-25-14/h2-5,10-12H,6-9H2,1H3,(H,19,20,23)/t12-/m0/s1. The van der Waals surface area contributed by atoms with Gasteiger partial charge in [0.25, 0.3) is 5.91 Å². The second-order valence-electron chi connectivity index (χ2n) is 5.83. The molecule has 132 valence electrons. The molecule has 2 amide bonds. The van der Waals surface area contributed by atoms with Gasteiger partial charge in [0.2, 0.25) is 5.91 Å². The van der Waals surface area contributed by atoms with Crippen LogP contribution in [-0.2, 0) is 4.79 Å². The molecule has 2 aromatic heterocycles. The number of carbonyl (C=O) groups excluding carboxylic acids is 2. The van der Waals surface area contributed by atoms with Crippen molar-refractivity contribution in [3.05, 3.63) is 47.5 Å². The van der Waals surface area contributed by atoms with Crippen LogP contribution in [0.4, 0.5) is 5.82 Å².